The molecule has 3 amide bonds. The number of carbonyl (C=O) groups excluding carboxylic acids is 2. The lowest BCUT2D eigenvalue weighted by molar-refractivity contribution is -0.117. The molecule has 0 unspecified atom stereocenters. The molecule has 2 heterocycles. The number of aryl methyl sites for hydroxylation is 1. The Bertz CT molecular complexity index is 697. The molecule has 114 valence electrons. The smallest absolute Gasteiger partial charge is 0.312 e. The number of benzene rings is 1. The molecule has 2 aromatic rings. The van der Waals surface area contributed by atoms with Gasteiger partial charge in [-0.15, -0.1) is 11.3 Å². The fourth-order valence-corrected chi connectivity index (χ4v) is 3.18. The summed E-state index contributed by atoms with van der Waals surface area (Å²) in [5.74, 6) is 0.166. The minimum Gasteiger partial charge on any atom is -0.312 e. The van der Waals surface area contributed by atoms with Crippen LogP contribution in [0.2, 0.25) is 0 Å². The van der Waals surface area contributed by atoms with E-state index in [0.717, 1.165) is 29.2 Å². The number of thiophene rings is 1. The topological polar surface area (TPSA) is 61.4 Å². The molecule has 22 heavy (non-hydrogen) atoms. The standard InChI is InChI=1S/C16H17N3O2S/c1-11-10-12(17-16(21)18-14-4-3-9-22-14)6-7-13(11)19-8-2-5-15(19)20/h3-4,6-7,9-10H,2,5,8H2,1H3,(H2,17,18,21). The van der Waals surface area contributed by atoms with Crippen molar-refractivity contribution in [3.05, 3.63) is 41.3 Å². The quantitative estimate of drug-likeness (QED) is 0.904. The van der Waals surface area contributed by atoms with E-state index in [1.807, 2.05) is 47.5 Å². The Balaban J connectivity index is 1.69. The second-order valence-corrected chi connectivity index (χ2v) is 6.15. The summed E-state index contributed by atoms with van der Waals surface area (Å²) in [6.07, 6.45) is 1.52. The van der Waals surface area contributed by atoms with Gasteiger partial charge in [0.25, 0.3) is 0 Å². The normalized spacial score (nSPS) is 14.2. The second-order valence-electron chi connectivity index (χ2n) is 5.21. The van der Waals surface area contributed by atoms with Gasteiger partial charge in [0.2, 0.25) is 5.91 Å². The van der Waals surface area contributed by atoms with E-state index < -0.39 is 0 Å². The van der Waals surface area contributed by atoms with Gasteiger partial charge in [-0.25, -0.2) is 4.79 Å². The first-order chi connectivity index (χ1) is 10.6. The van der Waals surface area contributed by atoms with E-state index >= 15 is 0 Å². The van der Waals surface area contributed by atoms with E-state index in [4.69, 9.17) is 0 Å². The molecule has 6 heteroatoms. The van der Waals surface area contributed by atoms with Crippen LogP contribution in [0.3, 0.4) is 0 Å². The fourth-order valence-electron chi connectivity index (χ4n) is 2.56. The van der Waals surface area contributed by atoms with Crippen LogP contribution in [0.4, 0.5) is 21.2 Å². The molecule has 1 aromatic carbocycles. The number of hydrogen-bond donors (Lipinski definition) is 2. The Kier molecular flexibility index (Phi) is 4.11. The molecule has 0 saturated carbocycles. The third-order valence-corrected chi connectivity index (χ3v) is 4.36. The molecular weight excluding hydrogens is 298 g/mol. The molecule has 5 nitrogen and oxygen atoms in total. The molecule has 0 bridgehead atoms. The summed E-state index contributed by atoms with van der Waals surface area (Å²) in [6, 6.07) is 9.05. The highest BCUT2D eigenvalue weighted by molar-refractivity contribution is 7.14. The number of amides is 3. The summed E-state index contributed by atoms with van der Waals surface area (Å²) in [7, 11) is 0. The Morgan fingerprint density at radius 2 is 2.14 bits per heavy atom. The average Bonchev–Trinajstić information content (AvgIpc) is 3.11. The van der Waals surface area contributed by atoms with Crippen molar-refractivity contribution < 1.29 is 9.59 Å². The van der Waals surface area contributed by atoms with Crippen LogP contribution in [0.25, 0.3) is 0 Å². The van der Waals surface area contributed by atoms with Gasteiger partial charge in [0, 0.05) is 24.3 Å². The average molecular weight is 315 g/mol. The zero-order valence-corrected chi connectivity index (χ0v) is 13.1. The molecule has 3 rings (SSSR count). The third-order valence-electron chi connectivity index (χ3n) is 3.58. The summed E-state index contributed by atoms with van der Waals surface area (Å²) in [5, 5.41) is 8.28. The molecule has 0 radical (unpaired) electrons. The van der Waals surface area contributed by atoms with Gasteiger partial charge >= 0.3 is 6.03 Å². The van der Waals surface area contributed by atoms with Crippen molar-refractivity contribution in [2.75, 3.05) is 22.1 Å². The van der Waals surface area contributed by atoms with Gasteiger partial charge in [0.05, 0.1) is 5.00 Å². The first-order valence-corrected chi connectivity index (χ1v) is 8.04. The van der Waals surface area contributed by atoms with Crippen LogP contribution in [-0.4, -0.2) is 18.5 Å². The molecule has 0 aliphatic carbocycles. The maximum Gasteiger partial charge on any atom is 0.324 e. The molecule has 1 saturated heterocycles. The minimum atomic E-state index is -0.271. The number of rotatable bonds is 3. The Labute approximate surface area is 132 Å². The van der Waals surface area contributed by atoms with Crippen molar-refractivity contribution in [3.8, 4) is 0 Å². The zero-order chi connectivity index (χ0) is 15.5. The van der Waals surface area contributed by atoms with Gasteiger partial charge in [-0.2, -0.15) is 0 Å². The van der Waals surface area contributed by atoms with Gasteiger partial charge in [0.1, 0.15) is 0 Å². The van der Waals surface area contributed by atoms with Crippen molar-refractivity contribution in [2.24, 2.45) is 0 Å². The highest BCUT2D eigenvalue weighted by atomic mass is 32.1. The highest BCUT2D eigenvalue weighted by Crippen LogP contribution is 2.27. The van der Waals surface area contributed by atoms with Gasteiger partial charge in [-0.1, -0.05) is 0 Å². The van der Waals surface area contributed by atoms with E-state index in [1.165, 1.54) is 11.3 Å². The van der Waals surface area contributed by atoms with Gasteiger partial charge in [-0.05, 0) is 54.6 Å². The van der Waals surface area contributed by atoms with Crippen LogP contribution >= 0.6 is 11.3 Å². The Morgan fingerprint density at radius 1 is 1.27 bits per heavy atom. The number of hydrogen-bond acceptors (Lipinski definition) is 3. The summed E-state index contributed by atoms with van der Waals surface area (Å²) >= 11 is 1.47. The van der Waals surface area contributed by atoms with Crippen LogP contribution in [-0.2, 0) is 4.79 Å². The first kappa shape index (κ1) is 14.6. The lowest BCUT2D eigenvalue weighted by Gasteiger charge is -2.19. The third kappa shape index (κ3) is 3.12. The lowest BCUT2D eigenvalue weighted by atomic mass is 10.1. The van der Waals surface area contributed by atoms with Crippen LogP contribution in [0.1, 0.15) is 18.4 Å². The Hall–Kier alpha value is -2.34. The number of nitrogens with one attached hydrogen (secondary N) is 2. The summed E-state index contributed by atoms with van der Waals surface area (Å²) in [4.78, 5) is 25.5. The maximum atomic E-state index is 11.9. The molecule has 1 aliphatic heterocycles. The number of anilines is 3. The molecular formula is C16H17N3O2S. The number of nitrogens with zero attached hydrogens (tertiary/aromatic N) is 1. The van der Waals surface area contributed by atoms with Crippen LogP contribution in [0.15, 0.2) is 35.7 Å². The van der Waals surface area contributed by atoms with E-state index in [0.29, 0.717) is 12.1 Å². The van der Waals surface area contributed by atoms with E-state index in [9.17, 15) is 9.59 Å². The molecule has 1 fully saturated rings. The monoisotopic (exact) mass is 315 g/mol. The lowest BCUT2D eigenvalue weighted by Crippen LogP contribution is -2.24. The molecule has 1 aliphatic rings. The zero-order valence-electron chi connectivity index (χ0n) is 12.3. The Morgan fingerprint density at radius 3 is 2.77 bits per heavy atom. The van der Waals surface area contributed by atoms with Crippen LogP contribution in [0.5, 0.6) is 0 Å². The highest BCUT2D eigenvalue weighted by Gasteiger charge is 2.22. The van der Waals surface area contributed by atoms with Gasteiger partial charge in [0.15, 0.2) is 0 Å². The predicted octanol–water partition coefficient (Wildman–Crippen LogP) is 3.83. The summed E-state index contributed by atoms with van der Waals surface area (Å²) in [5.41, 5.74) is 2.61. The largest absolute Gasteiger partial charge is 0.324 e. The second kappa shape index (κ2) is 6.19. The molecule has 0 spiro atoms. The van der Waals surface area contributed by atoms with Crippen molar-refractivity contribution in [3.63, 3.8) is 0 Å². The maximum absolute atomic E-state index is 11.9. The SMILES string of the molecule is Cc1cc(NC(=O)Nc2cccs2)ccc1N1CCCC1=O. The molecule has 2 N–H and O–H groups in total. The van der Waals surface area contributed by atoms with E-state index in [2.05, 4.69) is 10.6 Å². The first-order valence-electron chi connectivity index (χ1n) is 7.16. The number of urea groups is 1. The molecule has 0 atom stereocenters. The van der Waals surface area contributed by atoms with Crippen molar-refractivity contribution >= 4 is 39.7 Å². The van der Waals surface area contributed by atoms with Crippen molar-refractivity contribution in [1.29, 1.82) is 0 Å². The van der Waals surface area contributed by atoms with E-state index in [-0.39, 0.29) is 11.9 Å². The van der Waals surface area contributed by atoms with Gasteiger partial charge in [-0.3, -0.25) is 10.1 Å². The van der Waals surface area contributed by atoms with Crippen molar-refractivity contribution in [1.82, 2.24) is 0 Å². The van der Waals surface area contributed by atoms with Crippen LogP contribution in [0, 0.1) is 6.92 Å². The summed E-state index contributed by atoms with van der Waals surface area (Å²) < 4.78 is 0. The predicted molar refractivity (Wildman–Crippen MR) is 89.7 cm³/mol. The fraction of sp³-hybridized carbons (Fsp3) is 0.250. The molecule has 1 aromatic heterocycles. The van der Waals surface area contributed by atoms with Crippen molar-refractivity contribution in [2.45, 2.75) is 19.8 Å². The minimum absolute atomic E-state index is 0.166. The summed E-state index contributed by atoms with van der Waals surface area (Å²) in [6.45, 7) is 2.72. The van der Waals surface area contributed by atoms with E-state index in [1.54, 1.807) is 0 Å². The van der Waals surface area contributed by atoms with Gasteiger partial charge < -0.3 is 10.2 Å². The van der Waals surface area contributed by atoms with Crippen LogP contribution < -0.4 is 15.5 Å². The number of carbonyl (C=O) groups is 2.